The Balaban J connectivity index is 2.24. The molecule has 0 N–H and O–H groups in total. The maximum atomic E-state index is 12.4. The minimum absolute atomic E-state index is 0.126. The molecule has 0 bridgehead atoms. The predicted octanol–water partition coefficient (Wildman–Crippen LogP) is 1.86. The maximum absolute atomic E-state index is 12.4. The van der Waals surface area contributed by atoms with Crippen LogP contribution in [0, 0.1) is 11.3 Å². The molecule has 0 radical (unpaired) electrons. The molecule has 24 heavy (non-hydrogen) atoms. The number of hydrogen-bond acceptors (Lipinski definition) is 6. The van der Waals surface area contributed by atoms with Gasteiger partial charge in [0.25, 0.3) is 0 Å². The molecule has 0 aromatic carbocycles. The summed E-state index contributed by atoms with van der Waals surface area (Å²) in [6.07, 6.45) is 3.09. The molecule has 1 aliphatic rings. The van der Waals surface area contributed by atoms with Gasteiger partial charge in [-0.1, -0.05) is 6.92 Å². The minimum atomic E-state index is -3.68. The smallest absolute Gasteiger partial charge is 0.359 e. The third-order valence-electron chi connectivity index (χ3n) is 4.24. The number of carbonyl (C=O) groups excluding carboxylic acids is 1. The number of esters is 1. The summed E-state index contributed by atoms with van der Waals surface area (Å²) in [5.41, 5.74) is 0.391. The summed E-state index contributed by atoms with van der Waals surface area (Å²) in [7, 11) is -3.68. The maximum Gasteiger partial charge on any atom is 0.359 e. The Hall–Kier alpha value is -2.40. The molecule has 8 heteroatoms. The number of carbonyl (C=O) groups is 1. The van der Waals surface area contributed by atoms with Crippen molar-refractivity contribution in [2.24, 2.45) is 0 Å². The van der Waals surface area contributed by atoms with Crippen LogP contribution in [0.1, 0.15) is 42.7 Å². The van der Waals surface area contributed by atoms with Crippen molar-refractivity contribution >= 4 is 21.5 Å². The lowest BCUT2D eigenvalue weighted by Crippen LogP contribution is -2.14. The SMILES string of the molecule is CCOC(=O)c1nc2cc(C3(C#N)CC3)ccn2c1S(=O)(=O)CC. The molecule has 0 spiro atoms. The van der Waals surface area contributed by atoms with Crippen LogP contribution in [0.3, 0.4) is 0 Å². The molecule has 0 unspecified atom stereocenters. The van der Waals surface area contributed by atoms with E-state index in [-0.39, 0.29) is 23.1 Å². The summed E-state index contributed by atoms with van der Waals surface area (Å²) in [4.78, 5) is 16.3. The zero-order valence-corrected chi connectivity index (χ0v) is 14.3. The summed E-state index contributed by atoms with van der Waals surface area (Å²) in [5, 5.41) is 9.16. The van der Waals surface area contributed by atoms with Crippen LogP contribution < -0.4 is 0 Å². The van der Waals surface area contributed by atoms with Gasteiger partial charge in [0.15, 0.2) is 20.6 Å². The Morgan fingerprint density at radius 2 is 2.17 bits per heavy atom. The van der Waals surface area contributed by atoms with Gasteiger partial charge in [-0.2, -0.15) is 5.26 Å². The highest BCUT2D eigenvalue weighted by molar-refractivity contribution is 7.91. The highest BCUT2D eigenvalue weighted by Crippen LogP contribution is 2.47. The van der Waals surface area contributed by atoms with E-state index in [0.29, 0.717) is 5.65 Å². The second-order valence-electron chi connectivity index (χ2n) is 5.73. The molecule has 1 aliphatic carbocycles. The van der Waals surface area contributed by atoms with E-state index in [0.717, 1.165) is 18.4 Å². The number of rotatable bonds is 5. The third-order valence-corrected chi connectivity index (χ3v) is 5.98. The summed E-state index contributed by atoms with van der Waals surface area (Å²) >= 11 is 0. The van der Waals surface area contributed by atoms with Crippen molar-refractivity contribution in [2.75, 3.05) is 12.4 Å². The van der Waals surface area contributed by atoms with E-state index in [1.165, 1.54) is 11.3 Å². The molecular formula is C16H17N3O4S. The van der Waals surface area contributed by atoms with Crippen molar-refractivity contribution < 1.29 is 17.9 Å². The Morgan fingerprint density at radius 3 is 2.71 bits per heavy atom. The van der Waals surface area contributed by atoms with E-state index in [1.54, 1.807) is 25.3 Å². The number of sulfone groups is 1. The number of imidazole rings is 1. The van der Waals surface area contributed by atoms with Gasteiger partial charge < -0.3 is 4.74 Å². The molecule has 2 aromatic rings. The van der Waals surface area contributed by atoms with Crippen molar-refractivity contribution in [1.29, 1.82) is 5.26 Å². The van der Waals surface area contributed by atoms with E-state index in [2.05, 4.69) is 11.1 Å². The molecular weight excluding hydrogens is 330 g/mol. The van der Waals surface area contributed by atoms with Crippen molar-refractivity contribution in [3.8, 4) is 6.07 Å². The largest absolute Gasteiger partial charge is 0.461 e. The Morgan fingerprint density at radius 1 is 1.46 bits per heavy atom. The first kappa shape index (κ1) is 16.5. The molecule has 2 heterocycles. The normalized spacial score (nSPS) is 15.9. The highest BCUT2D eigenvalue weighted by atomic mass is 32.2. The molecule has 3 rings (SSSR count). The molecule has 0 atom stereocenters. The molecule has 1 saturated carbocycles. The Kier molecular flexibility index (Phi) is 3.84. The topological polar surface area (TPSA) is 102 Å². The quantitative estimate of drug-likeness (QED) is 0.765. The van der Waals surface area contributed by atoms with Crippen LogP contribution in [0.25, 0.3) is 5.65 Å². The molecule has 0 amide bonds. The first-order valence-corrected chi connectivity index (χ1v) is 9.37. The number of nitriles is 1. The van der Waals surface area contributed by atoms with E-state index < -0.39 is 21.2 Å². The van der Waals surface area contributed by atoms with E-state index in [1.807, 2.05) is 0 Å². The number of fused-ring (bicyclic) bond motifs is 1. The van der Waals surface area contributed by atoms with E-state index >= 15 is 0 Å². The molecule has 1 fully saturated rings. The van der Waals surface area contributed by atoms with Crippen LogP contribution in [-0.4, -0.2) is 36.1 Å². The fourth-order valence-corrected chi connectivity index (χ4v) is 3.83. The number of nitrogens with zero attached hydrogens (tertiary/aromatic N) is 3. The average Bonchev–Trinajstić information content (AvgIpc) is 3.27. The van der Waals surface area contributed by atoms with Crippen LogP contribution in [0.15, 0.2) is 23.4 Å². The van der Waals surface area contributed by atoms with Gasteiger partial charge in [-0.05, 0) is 37.5 Å². The van der Waals surface area contributed by atoms with Crippen molar-refractivity contribution in [2.45, 2.75) is 37.1 Å². The standard InChI is InChI=1S/C16H17N3O4S/c1-3-23-15(20)13-14(24(21,22)4-2)19-8-5-11(9-12(19)18-13)16(10-17)6-7-16/h5,8-9H,3-4,6-7H2,1-2H3. The van der Waals surface area contributed by atoms with Gasteiger partial charge in [0.1, 0.15) is 5.65 Å². The van der Waals surface area contributed by atoms with E-state index in [9.17, 15) is 18.5 Å². The monoisotopic (exact) mass is 347 g/mol. The molecule has 7 nitrogen and oxygen atoms in total. The summed E-state index contributed by atoms with van der Waals surface area (Å²) in [6.45, 7) is 3.28. The van der Waals surface area contributed by atoms with Crippen LogP contribution >= 0.6 is 0 Å². The number of ether oxygens (including phenoxy) is 1. The molecule has 2 aromatic heterocycles. The number of aromatic nitrogens is 2. The molecule has 126 valence electrons. The van der Waals surface area contributed by atoms with Gasteiger partial charge in [-0.3, -0.25) is 4.40 Å². The fourth-order valence-electron chi connectivity index (χ4n) is 2.68. The third kappa shape index (κ3) is 2.45. The first-order chi connectivity index (χ1) is 11.4. The first-order valence-electron chi connectivity index (χ1n) is 7.72. The minimum Gasteiger partial charge on any atom is -0.461 e. The van der Waals surface area contributed by atoms with Gasteiger partial charge in [-0.25, -0.2) is 18.2 Å². The summed E-state index contributed by atoms with van der Waals surface area (Å²) in [6, 6.07) is 5.68. The van der Waals surface area contributed by atoms with Gasteiger partial charge in [-0.15, -0.1) is 0 Å². The highest BCUT2D eigenvalue weighted by Gasteiger charge is 2.45. The van der Waals surface area contributed by atoms with Crippen LogP contribution in [-0.2, 0) is 20.0 Å². The second kappa shape index (κ2) is 5.60. The molecule has 0 aliphatic heterocycles. The lowest BCUT2D eigenvalue weighted by molar-refractivity contribution is 0.0515. The Bertz CT molecular complexity index is 965. The molecule has 0 saturated heterocycles. The van der Waals surface area contributed by atoms with Gasteiger partial charge in [0.05, 0.1) is 23.8 Å². The zero-order valence-electron chi connectivity index (χ0n) is 13.4. The zero-order chi connectivity index (χ0) is 17.5. The average molecular weight is 347 g/mol. The van der Waals surface area contributed by atoms with Crippen molar-refractivity contribution in [3.05, 3.63) is 29.6 Å². The second-order valence-corrected chi connectivity index (χ2v) is 7.92. The van der Waals surface area contributed by atoms with Crippen LogP contribution in [0.2, 0.25) is 0 Å². The summed E-state index contributed by atoms with van der Waals surface area (Å²) < 4.78 is 31.2. The van der Waals surface area contributed by atoms with Gasteiger partial charge >= 0.3 is 5.97 Å². The van der Waals surface area contributed by atoms with Crippen LogP contribution in [0.5, 0.6) is 0 Å². The number of hydrogen-bond donors (Lipinski definition) is 0. The summed E-state index contributed by atoms with van der Waals surface area (Å²) in [5.74, 6) is -0.923. The van der Waals surface area contributed by atoms with Crippen molar-refractivity contribution in [3.63, 3.8) is 0 Å². The predicted molar refractivity (Wildman–Crippen MR) is 85.4 cm³/mol. The van der Waals surface area contributed by atoms with Crippen LogP contribution in [0.4, 0.5) is 0 Å². The van der Waals surface area contributed by atoms with Gasteiger partial charge in [0, 0.05) is 6.20 Å². The van der Waals surface area contributed by atoms with Crippen molar-refractivity contribution in [1.82, 2.24) is 9.38 Å². The Labute approximate surface area is 139 Å². The van der Waals surface area contributed by atoms with Gasteiger partial charge in [0.2, 0.25) is 0 Å². The lowest BCUT2D eigenvalue weighted by Gasteiger charge is -2.08. The van der Waals surface area contributed by atoms with E-state index in [4.69, 9.17) is 4.74 Å². The fraction of sp³-hybridized carbons (Fsp3) is 0.438. The number of pyridine rings is 1. The lowest BCUT2D eigenvalue weighted by atomic mass is 9.99.